The van der Waals surface area contributed by atoms with Crippen LogP contribution < -0.4 is 0 Å². The maximum absolute atomic E-state index is 11.9. The Hall–Kier alpha value is -0.770. The minimum absolute atomic E-state index is 0.0600. The number of carbonyl (C=O) groups excluding carboxylic acids is 1. The molecule has 2 nitrogen and oxygen atoms in total. The summed E-state index contributed by atoms with van der Waals surface area (Å²) >= 11 is 1.33. The number of hydrogen-bond donors (Lipinski definition) is 0. The smallest absolute Gasteiger partial charge is 0.136 e. The Balaban J connectivity index is 2.65. The second-order valence-corrected chi connectivity index (χ2v) is 3.19. The first-order chi connectivity index (χ1) is 5.22. The number of nitrogens with zero attached hydrogens (tertiary/aromatic N) is 1. The number of halogens is 1. The number of aromatic nitrogens is 1. The van der Waals surface area contributed by atoms with Crippen LogP contribution >= 0.6 is 11.3 Å². The molecule has 1 rings (SSSR count). The average Bonchev–Trinajstić information content (AvgIpc) is 2.34. The molecule has 1 aromatic heterocycles. The molecule has 4 heteroatoms. The molecular formula is C7H8FNOS. The second kappa shape index (κ2) is 3.57. The highest BCUT2D eigenvalue weighted by Crippen LogP contribution is 2.11. The summed E-state index contributed by atoms with van der Waals surface area (Å²) < 4.78 is 11.9. The van der Waals surface area contributed by atoms with Gasteiger partial charge in [0.1, 0.15) is 17.5 Å². The summed E-state index contributed by atoms with van der Waals surface area (Å²) in [7, 11) is 0. The van der Waals surface area contributed by atoms with Crippen molar-refractivity contribution in [3.63, 3.8) is 0 Å². The third-order valence-corrected chi connectivity index (χ3v) is 2.03. The minimum atomic E-state index is -0.547. The first-order valence-corrected chi connectivity index (χ1v) is 4.09. The Labute approximate surface area is 68.1 Å². The van der Waals surface area contributed by atoms with Crippen molar-refractivity contribution in [3.8, 4) is 0 Å². The lowest BCUT2D eigenvalue weighted by atomic mass is 10.3. The molecule has 1 heterocycles. The normalized spacial score (nSPS) is 10.0. The van der Waals surface area contributed by atoms with Crippen LogP contribution in [0.1, 0.15) is 17.6 Å². The number of Topliss-reactive ketones (excluding diaryl/α,β-unsaturated/α-hetero) is 1. The van der Waals surface area contributed by atoms with Crippen LogP contribution in [-0.2, 0) is 17.9 Å². The summed E-state index contributed by atoms with van der Waals surface area (Å²) in [6.07, 6.45) is 0.324. The molecule has 0 aliphatic rings. The van der Waals surface area contributed by atoms with E-state index in [2.05, 4.69) is 4.98 Å². The van der Waals surface area contributed by atoms with Gasteiger partial charge in [-0.15, -0.1) is 11.3 Å². The molecule has 0 amide bonds. The highest BCUT2D eigenvalue weighted by Gasteiger charge is 2.03. The topological polar surface area (TPSA) is 30.0 Å². The van der Waals surface area contributed by atoms with Crippen LogP contribution in [0.25, 0.3) is 0 Å². The lowest BCUT2D eigenvalue weighted by Gasteiger charge is -1.86. The predicted octanol–water partition coefficient (Wildman–Crippen LogP) is 1.74. The lowest BCUT2D eigenvalue weighted by molar-refractivity contribution is -0.116. The van der Waals surface area contributed by atoms with Crippen LogP contribution in [-0.4, -0.2) is 10.8 Å². The van der Waals surface area contributed by atoms with Gasteiger partial charge in [-0.1, -0.05) is 0 Å². The molecule has 0 spiro atoms. The molecular weight excluding hydrogens is 165 g/mol. The van der Waals surface area contributed by atoms with Crippen LogP contribution in [0.3, 0.4) is 0 Å². The van der Waals surface area contributed by atoms with Gasteiger partial charge in [0.25, 0.3) is 0 Å². The summed E-state index contributed by atoms with van der Waals surface area (Å²) in [5, 5.41) is 2.34. The van der Waals surface area contributed by atoms with Gasteiger partial charge in [0.05, 0.1) is 12.1 Å². The summed E-state index contributed by atoms with van der Waals surface area (Å²) in [6.45, 7) is 0.949. The SMILES string of the molecule is CC(=O)Cc1nc(CF)cs1. The molecule has 0 N–H and O–H groups in total. The number of alkyl halides is 1. The molecule has 60 valence electrons. The average molecular weight is 173 g/mol. The van der Waals surface area contributed by atoms with Crippen LogP contribution in [0.15, 0.2) is 5.38 Å². The Morgan fingerprint density at radius 2 is 2.55 bits per heavy atom. The molecule has 0 aliphatic heterocycles. The zero-order chi connectivity index (χ0) is 8.27. The van der Waals surface area contributed by atoms with Crippen molar-refractivity contribution in [1.82, 2.24) is 4.98 Å². The quantitative estimate of drug-likeness (QED) is 0.697. The van der Waals surface area contributed by atoms with Crippen molar-refractivity contribution in [3.05, 3.63) is 16.1 Å². The molecule has 0 bridgehead atoms. The fourth-order valence-corrected chi connectivity index (χ4v) is 1.55. The minimum Gasteiger partial charge on any atom is -0.300 e. The monoisotopic (exact) mass is 173 g/mol. The predicted molar refractivity (Wildman–Crippen MR) is 41.3 cm³/mol. The van der Waals surface area contributed by atoms with Crippen molar-refractivity contribution in [1.29, 1.82) is 0 Å². The lowest BCUT2D eigenvalue weighted by Crippen LogP contribution is -1.95. The fourth-order valence-electron chi connectivity index (χ4n) is 0.704. The van der Waals surface area contributed by atoms with Gasteiger partial charge in [0.15, 0.2) is 0 Å². The van der Waals surface area contributed by atoms with E-state index in [9.17, 15) is 9.18 Å². The molecule has 0 saturated carbocycles. The number of thiazole rings is 1. The summed E-state index contributed by atoms with van der Waals surface area (Å²) in [6, 6.07) is 0. The van der Waals surface area contributed by atoms with Crippen molar-refractivity contribution >= 4 is 17.1 Å². The summed E-state index contributed by atoms with van der Waals surface area (Å²) in [5.74, 6) is 0.0600. The van der Waals surface area contributed by atoms with Gasteiger partial charge in [-0.2, -0.15) is 0 Å². The number of rotatable bonds is 3. The van der Waals surface area contributed by atoms with E-state index in [0.717, 1.165) is 0 Å². The van der Waals surface area contributed by atoms with Crippen molar-refractivity contribution in [2.45, 2.75) is 20.0 Å². The fraction of sp³-hybridized carbons (Fsp3) is 0.429. The zero-order valence-corrected chi connectivity index (χ0v) is 6.95. The molecule has 1 aromatic rings. The second-order valence-electron chi connectivity index (χ2n) is 2.25. The van der Waals surface area contributed by atoms with E-state index in [0.29, 0.717) is 17.1 Å². The first-order valence-electron chi connectivity index (χ1n) is 3.21. The van der Waals surface area contributed by atoms with E-state index >= 15 is 0 Å². The number of carbonyl (C=O) groups is 1. The summed E-state index contributed by atoms with van der Waals surface area (Å²) in [4.78, 5) is 14.5. The molecule has 0 fully saturated rings. The third kappa shape index (κ3) is 2.38. The van der Waals surface area contributed by atoms with E-state index in [-0.39, 0.29) is 5.78 Å². The molecule has 11 heavy (non-hydrogen) atoms. The van der Waals surface area contributed by atoms with Crippen LogP contribution in [0.4, 0.5) is 4.39 Å². The summed E-state index contributed by atoms with van der Waals surface area (Å²) in [5.41, 5.74) is 0.422. The Morgan fingerprint density at radius 3 is 3.00 bits per heavy atom. The van der Waals surface area contributed by atoms with Crippen molar-refractivity contribution in [2.24, 2.45) is 0 Å². The van der Waals surface area contributed by atoms with Gasteiger partial charge >= 0.3 is 0 Å². The van der Waals surface area contributed by atoms with E-state index in [1.807, 2.05) is 0 Å². The molecule has 0 unspecified atom stereocenters. The highest BCUT2D eigenvalue weighted by molar-refractivity contribution is 7.09. The highest BCUT2D eigenvalue weighted by atomic mass is 32.1. The number of ketones is 1. The largest absolute Gasteiger partial charge is 0.300 e. The maximum atomic E-state index is 11.9. The number of hydrogen-bond acceptors (Lipinski definition) is 3. The van der Waals surface area contributed by atoms with Gasteiger partial charge in [-0.3, -0.25) is 4.79 Å². The van der Waals surface area contributed by atoms with Crippen LogP contribution in [0.5, 0.6) is 0 Å². The Kier molecular flexibility index (Phi) is 2.70. The van der Waals surface area contributed by atoms with E-state index in [1.54, 1.807) is 5.38 Å². The van der Waals surface area contributed by atoms with Gasteiger partial charge in [-0.05, 0) is 6.92 Å². The molecule has 0 aromatic carbocycles. The Morgan fingerprint density at radius 1 is 1.82 bits per heavy atom. The van der Waals surface area contributed by atoms with Crippen molar-refractivity contribution in [2.75, 3.05) is 0 Å². The van der Waals surface area contributed by atoms with Crippen molar-refractivity contribution < 1.29 is 9.18 Å². The van der Waals surface area contributed by atoms with Gasteiger partial charge in [0, 0.05) is 5.38 Å². The van der Waals surface area contributed by atoms with Crippen LogP contribution in [0, 0.1) is 0 Å². The standard InChI is InChI=1S/C7H8FNOS/c1-5(10)2-7-9-6(3-8)4-11-7/h4H,2-3H2,1H3. The van der Waals surface area contributed by atoms with E-state index in [4.69, 9.17) is 0 Å². The third-order valence-electron chi connectivity index (χ3n) is 1.14. The van der Waals surface area contributed by atoms with Crippen LogP contribution in [0.2, 0.25) is 0 Å². The van der Waals surface area contributed by atoms with E-state index in [1.165, 1.54) is 18.3 Å². The molecule has 0 atom stereocenters. The molecule has 0 saturated heterocycles. The first kappa shape index (κ1) is 8.33. The Bertz CT molecular complexity index is 259. The van der Waals surface area contributed by atoms with Gasteiger partial charge < -0.3 is 0 Å². The van der Waals surface area contributed by atoms with Gasteiger partial charge in [-0.25, -0.2) is 9.37 Å². The maximum Gasteiger partial charge on any atom is 0.136 e. The zero-order valence-electron chi connectivity index (χ0n) is 6.13. The van der Waals surface area contributed by atoms with Gasteiger partial charge in [0.2, 0.25) is 0 Å². The molecule has 0 radical (unpaired) electrons. The van der Waals surface area contributed by atoms with E-state index < -0.39 is 6.67 Å². The molecule has 0 aliphatic carbocycles.